The van der Waals surface area contributed by atoms with E-state index in [9.17, 15) is 0 Å². The highest BCUT2D eigenvalue weighted by atomic mass is 79.9. The van der Waals surface area contributed by atoms with Gasteiger partial charge in [0, 0.05) is 19.3 Å². The lowest BCUT2D eigenvalue weighted by atomic mass is 10.4. The zero-order chi connectivity index (χ0) is 8.97. The zero-order valence-electron chi connectivity index (χ0n) is 6.96. The summed E-state index contributed by atoms with van der Waals surface area (Å²) in [5.74, 6) is 0. The number of allylic oxidation sites excluding steroid dienone is 1. The van der Waals surface area contributed by atoms with Crippen LogP contribution in [0.1, 0.15) is 12.8 Å². The third-order valence-corrected chi connectivity index (χ3v) is 2.16. The molecule has 0 amide bonds. The first-order valence-corrected chi connectivity index (χ1v) is 4.83. The van der Waals surface area contributed by atoms with E-state index in [1.165, 1.54) is 12.8 Å². The van der Waals surface area contributed by atoms with E-state index in [1.807, 2.05) is 6.08 Å². The minimum Gasteiger partial charge on any atom is -0.403 e. The van der Waals surface area contributed by atoms with Gasteiger partial charge < -0.3 is 16.4 Å². The molecular weight excluding hydrogens is 218 g/mol. The molecule has 12 heavy (non-hydrogen) atoms. The van der Waals surface area contributed by atoms with Gasteiger partial charge in [0.25, 0.3) is 0 Å². The second kappa shape index (κ2) is 4.40. The second-order valence-corrected chi connectivity index (χ2v) is 3.73. The van der Waals surface area contributed by atoms with E-state index in [4.69, 9.17) is 11.5 Å². The Kier molecular flexibility index (Phi) is 3.47. The molecule has 1 aliphatic rings. The fourth-order valence-electron chi connectivity index (χ4n) is 1.36. The van der Waals surface area contributed by atoms with Crippen LogP contribution in [-0.4, -0.2) is 18.0 Å². The largest absolute Gasteiger partial charge is 0.403 e. The molecule has 0 saturated carbocycles. The summed E-state index contributed by atoms with van der Waals surface area (Å²) in [4.78, 5) is 2.23. The molecule has 0 aromatic rings. The highest BCUT2D eigenvalue weighted by molar-refractivity contribution is 9.11. The maximum absolute atomic E-state index is 5.49. The molecule has 0 bridgehead atoms. The number of likely N-dealkylation sites (tertiary alicyclic amines) is 1. The molecule has 1 aliphatic heterocycles. The fraction of sp³-hybridized carbons (Fsp3) is 0.500. The summed E-state index contributed by atoms with van der Waals surface area (Å²) in [6, 6.07) is 0. The zero-order valence-corrected chi connectivity index (χ0v) is 8.55. The summed E-state index contributed by atoms with van der Waals surface area (Å²) in [5, 5.41) is 0. The van der Waals surface area contributed by atoms with E-state index >= 15 is 0 Å². The van der Waals surface area contributed by atoms with Crippen LogP contribution in [0.3, 0.4) is 0 Å². The summed E-state index contributed by atoms with van der Waals surface area (Å²) in [7, 11) is 0. The van der Waals surface area contributed by atoms with Crippen molar-refractivity contribution in [2.45, 2.75) is 12.8 Å². The molecule has 0 atom stereocenters. The maximum Gasteiger partial charge on any atom is 0.0775 e. The Bertz CT molecular complexity index is 200. The highest BCUT2D eigenvalue weighted by Crippen LogP contribution is 2.16. The van der Waals surface area contributed by atoms with Gasteiger partial charge in [-0.1, -0.05) is 0 Å². The van der Waals surface area contributed by atoms with Crippen molar-refractivity contribution in [1.29, 1.82) is 0 Å². The average molecular weight is 232 g/mol. The van der Waals surface area contributed by atoms with Crippen LogP contribution in [0.2, 0.25) is 0 Å². The molecule has 0 aromatic carbocycles. The van der Waals surface area contributed by atoms with Crippen LogP contribution < -0.4 is 11.5 Å². The van der Waals surface area contributed by atoms with Gasteiger partial charge >= 0.3 is 0 Å². The van der Waals surface area contributed by atoms with Gasteiger partial charge in [0.2, 0.25) is 0 Å². The van der Waals surface area contributed by atoms with Crippen molar-refractivity contribution >= 4 is 15.9 Å². The van der Waals surface area contributed by atoms with Crippen molar-refractivity contribution < 1.29 is 0 Å². The third-order valence-electron chi connectivity index (χ3n) is 1.93. The van der Waals surface area contributed by atoms with Gasteiger partial charge in [-0.05, 0) is 34.8 Å². The van der Waals surface area contributed by atoms with E-state index in [1.54, 1.807) is 6.20 Å². The van der Waals surface area contributed by atoms with Crippen LogP contribution in [-0.2, 0) is 0 Å². The van der Waals surface area contributed by atoms with Crippen molar-refractivity contribution in [3.63, 3.8) is 0 Å². The lowest BCUT2D eigenvalue weighted by molar-refractivity contribution is 0.439. The quantitative estimate of drug-likeness (QED) is 0.553. The maximum atomic E-state index is 5.49. The molecule has 4 heteroatoms. The Balaban J connectivity index is 2.62. The standard InChI is InChI=1S/C8H14BrN3/c9-8(11)5-7(6-10)12-3-1-2-4-12/h5-6H,1-4,10-11H2/b7-6+,8-5-. The molecule has 1 fully saturated rings. The van der Waals surface area contributed by atoms with E-state index < -0.39 is 0 Å². The average Bonchev–Trinajstić information content (AvgIpc) is 2.51. The van der Waals surface area contributed by atoms with Gasteiger partial charge in [0.15, 0.2) is 0 Å². The lowest BCUT2D eigenvalue weighted by Gasteiger charge is -2.17. The Morgan fingerprint density at radius 3 is 2.33 bits per heavy atom. The van der Waals surface area contributed by atoms with Gasteiger partial charge in [-0.15, -0.1) is 0 Å². The Hall–Kier alpha value is -0.640. The molecule has 3 nitrogen and oxygen atoms in total. The van der Waals surface area contributed by atoms with Crippen molar-refractivity contribution in [3.8, 4) is 0 Å². The first kappa shape index (κ1) is 9.45. The summed E-state index contributed by atoms with van der Waals surface area (Å²) < 4.78 is 0.617. The SMILES string of the molecule is N/C=C(\C=C(/N)Br)N1CCCC1. The van der Waals surface area contributed by atoms with E-state index in [0.717, 1.165) is 18.8 Å². The summed E-state index contributed by atoms with van der Waals surface area (Å²) in [5.41, 5.74) is 12.0. The van der Waals surface area contributed by atoms with Crippen LogP contribution in [0.5, 0.6) is 0 Å². The summed E-state index contributed by atoms with van der Waals surface area (Å²) in [6.45, 7) is 2.17. The monoisotopic (exact) mass is 231 g/mol. The molecular formula is C8H14BrN3. The molecule has 68 valence electrons. The minimum atomic E-state index is 0.617. The molecule has 1 saturated heterocycles. The Morgan fingerprint density at radius 2 is 1.92 bits per heavy atom. The molecule has 0 spiro atoms. The smallest absolute Gasteiger partial charge is 0.0775 e. The number of hydrogen-bond donors (Lipinski definition) is 2. The Morgan fingerprint density at radius 1 is 1.33 bits per heavy atom. The molecule has 0 aromatic heterocycles. The number of rotatable bonds is 2. The first-order valence-electron chi connectivity index (χ1n) is 4.03. The Labute approximate surface area is 81.2 Å². The summed E-state index contributed by atoms with van der Waals surface area (Å²) >= 11 is 3.18. The van der Waals surface area contributed by atoms with E-state index in [0.29, 0.717) is 4.61 Å². The molecule has 0 radical (unpaired) electrons. The predicted molar refractivity (Wildman–Crippen MR) is 54.3 cm³/mol. The second-order valence-electron chi connectivity index (χ2n) is 2.81. The van der Waals surface area contributed by atoms with Crippen LogP contribution in [0, 0.1) is 0 Å². The van der Waals surface area contributed by atoms with Gasteiger partial charge in [-0.3, -0.25) is 0 Å². The van der Waals surface area contributed by atoms with Crippen molar-refractivity contribution in [3.05, 3.63) is 22.6 Å². The van der Waals surface area contributed by atoms with Gasteiger partial charge in [-0.25, -0.2) is 0 Å². The summed E-state index contributed by atoms with van der Waals surface area (Å²) in [6.07, 6.45) is 5.92. The van der Waals surface area contributed by atoms with Crippen molar-refractivity contribution in [1.82, 2.24) is 4.90 Å². The number of halogens is 1. The molecule has 4 N–H and O–H groups in total. The van der Waals surface area contributed by atoms with Crippen LogP contribution in [0.15, 0.2) is 22.6 Å². The van der Waals surface area contributed by atoms with Gasteiger partial charge in [-0.2, -0.15) is 0 Å². The van der Waals surface area contributed by atoms with Crippen LogP contribution in [0.4, 0.5) is 0 Å². The molecule has 1 heterocycles. The highest BCUT2D eigenvalue weighted by Gasteiger charge is 2.12. The molecule has 1 rings (SSSR count). The number of nitrogens with zero attached hydrogens (tertiary/aromatic N) is 1. The van der Waals surface area contributed by atoms with E-state index in [2.05, 4.69) is 20.8 Å². The predicted octanol–water partition coefficient (Wildman–Crippen LogP) is 1.08. The van der Waals surface area contributed by atoms with E-state index in [-0.39, 0.29) is 0 Å². The topological polar surface area (TPSA) is 55.3 Å². The fourth-order valence-corrected chi connectivity index (χ4v) is 1.60. The normalized spacial score (nSPS) is 20.2. The number of nitrogens with two attached hydrogens (primary N) is 2. The number of hydrogen-bond acceptors (Lipinski definition) is 3. The molecule has 0 unspecified atom stereocenters. The molecule has 0 aliphatic carbocycles. The van der Waals surface area contributed by atoms with Gasteiger partial charge in [0.05, 0.1) is 10.3 Å². The van der Waals surface area contributed by atoms with Crippen LogP contribution >= 0.6 is 15.9 Å². The van der Waals surface area contributed by atoms with Crippen molar-refractivity contribution in [2.75, 3.05) is 13.1 Å². The first-order chi connectivity index (χ1) is 5.74. The minimum absolute atomic E-state index is 0.617. The van der Waals surface area contributed by atoms with Crippen LogP contribution in [0.25, 0.3) is 0 Å². The third kappa shape index (κ3) is 2.44. The van der Waals surface area contributed by atoms with Crippen molar-refractivity contribution in [2.24, 2.45) is 11.5 Å². The lowest BCUT2D eigenvalue weighted by Crippen LogP contribution is -2.18. The van der Waals surface area contributed by atoms with Gasteiger partial charge in [0.1, 0.15) is 0 Å².